The Bertz CT molecular complexity index is 931. The van der Waals surface area contributed by atoms with E-state index in [1.54, 1.807) is 24.5 Å². The number of hydrogen-bond donors (Lipinski definition) is 1. The Morgan fingerprint density at radius 2 is 1.87 bits per heavy atom. The first-order valence-electron chi connectivity index (χ1n) is 10.7. The van der Waals surface area contributed by atoms with Crippen LogP contribution in [0.15, 0.2) is 45.9 Å². The number of anilines is 2. The Labute approximate surface area is 179 Å². The van der Waals surface area contributed by atoms with E-state index in [4.69, 9.17) is 4.42 Å². The predicted molar refractivity (Wildman–Crippen MR) is 118 cm³/mol. The summed E-state index contributed by atoms with van der Waals surface area (Å²) in [6, 6.07) is 8.70. The molecule has 1 aliphatic rings. The molecule has 30 heavy (non-hydrogen) atoms. The smallest absolute Gasteiger partial charge is 0.243 e. The Kier molecular flexibility index (Phi) is 7.55. The summed E-state index contributed by atoms with van der Waals surface area (Å²) in [6.45, 7) is 6.24. The summed E-state index contributed by atoms with van der Waals surface area (Å²) in [7, 11) is -3.61. The summed E-state index contributed by atoms with van der Waals surface area (Å²) in [5, 5.41) is 2.95. The molecule has 2 heterocycles. The summed E-state index contributed by atoms with van der Waals surface area (Å²) in [5.41, 5.74) is 1.43. The number of nitrogens with one attached hydrogen (secondary N) is 1. The Hall–Kier alpha value is -2.32. The molecule has 164 valence electrons. The van der Waals surface area contributed by atoms with Gasteiger partial charge in [-0.25, -0.2) is 8.42 Å². The van der Waals surface area contributed by atoms with E-state index in [0.29, 0.717) is 25.2 Å². The molecule has 1 amide bonds. The largest absolute Gasteiger partial charge is 0.469 e. The van der Waals surface area contributed by atoms with Crippen LogP contribution in [0.4, 0.5) is 11.4 Å². The third-order valence-corrected chi connectivity index (χ3v) is 7.51. The van der Waals surface area contributed by atoms with Gasteiger partial charge in [0.25, 0.3) is 0 Å². The summed E-state index contributed by atoms with van der Waals surface area (Å²) < 4.78 is 32.7. The molecule has 2 aromatic rings. The van der Waals surface area contributed by atoms with Crippen molar-refractivity contribution in [3.63, 3.8) is 0 Å². The lowest BCUT2D eigenvalue weighted by molar-refractivity contribution is -0.116. The zero-order valence-electron chi connectivity index (χ0n) is 17.8. The van der Waals surface area contributed by atoms with E-state index >= 15 is 0 Å². The summed E-state index contributed by atoms with van der Waals surface area (Å²) in [4.78, 5) is 15.0. The summed E-state index contributed by atoms with van der Waals surface area (Å²) in [6.07, 6.45) is 5.71. The number of carbonyl (C=O) groups excluding carboxylic acids is 1. The standard InChI is InChI=1S/C22H31N3O4S/c1-3-25(4-2)30(27,28)19-11-12-21(24-14-6-5-7-15-24)20(17-19)23-22(26)13-10-18-9-8-16-29-18/h8-9,11-12,16-17H,3-7,10,13-15H2,1-2H3,(H,23,26). The van der Waals surface area contributed by atoms with Crippen LogP contribution in [-0.2, 0) is 21.2 Å². The lowest BCUT2D eigenvalue weighted by Crippen LogP contribution is -2.32. The maximum atomic E-state index is 13.0. The van der Waals surface area contributed by atoms with Gasteiger partial charge >= 0.3 is 0 Å². The Morgan fingerprint density at radius 3 is 2.50 bits per heavy atom. The first kappa shape index (κ1) is 22.4. The highest BCUT2D eigenvalue weighted by Gasteiger charge is 2.24. The van der Waals surface area contributed by atoms with Crippen LogP contribution in [0.5, 0.6) is 0 Å². The molecule has 1 fully saturated rings. The fraction of sp³-hybridized carbons (Fsp3) is 0.500. The van der Waals surface area contributed by atoms with Gasteiger partial charge in [0.1, 0.15) is 5.76 Å². The van der Waals surface area contributed by atoms with Gasteiger partial charge in [-0.3, -0.25) is 4.79 Å². The molecule has 0 saturated carbocycles. The van der Waals surface area contributed by atoms with Crippen molar-refractivity contribution in [2.75, 3.05) is 36.4 Å². The number of hydrogen-bond acceptors (Lipinski definition) is 5. The second-order valence-corrected chi connectivity index (χ2v) is 9.38. The lowest BCUT2D eigenvalue weighted by atomic mass is 10.1. The van der Waals surface area contributed by atoms with E-state index in [1.165, 1.54) is 10.7 Å². The van der Waals surface area contributed by atoms with E-state index in [0.717, 1.165) is 37.4 Å². The van der Waals surface area contributed by atoms with Gasteiger partial charge in [0.2, 0.25) is 15.9 Å². The minimum Gasteiger partial charge on any atom is -0.469 e. The average molecular weight is 434 g/mol. The van der Waals surface area contributed by atoms with Crippen LogP contribution in [0.3, 0.4) is 0 Å². The molecular weight excluding hydrogens is 402 g/mol. The second-order valence-electron chi connectivity index (χ2n) is 7.44. The fourth-order valence-electron chi connectivity index (χ4n) is 3.80. The molecule has 1 N–H and O–H groups in total. The zero-order valence-corrected chi connectivity index (χ0v) is 18.6. The van der Waals surface area contributed by atoms with Crippen molar-refractivity contribution >= 4 is 27.3 Å². The topological polar surface area (TPSA) is 82.9 Å². The molecule has 7 nitrogen and oxygen atoms in total. The van der Waals surface area contributed by atoms with E-state index < -0.39 is 10.0 Å². The minimum atomic E-state index is -3.61. The van der Waals surface area contributed by atoms with Gasteiger partial charge in [-0.2, -0.15) is 4.31 Å². The van der Waals surface area contributed by atoms with Crippen LogP contribution in [0.1, 0.15) is 45.3 Å². The van der Waals surface area contributed by atoms with Crippen molar-refractivity contribution in [2.24, 2.45) is 0 Å². The molecule has 1 aromatic carbocycles. The van der Waals surface area contributed by atoms with Crippen molar-refractivity contribution in [3.8, 4) is 0 Å². The average Bonchev–Trinajstić information content (AvgIpc) is 3.27. The molecule has 0 radical (unpaired) electrons. The number of sulfonamides is 1. The molecule has 1 aliphatic heterocycles. The van der Waals surface area contributed by atoms with Crippen LogP contribution in [0.2, 0.25) is 0 Å². The summed E-state index contributed by atoms with van der Waals surface area (Å²) >= 11 is 0. The number of aryl methyl sites for hydroxylation is 1. The third-order valence-electron chi connectivity index (χ3n) is 5.46. The highest BCUT2D eigenvalue weighted by molar-refractivity contribution is 7.89. The Morgan fingerprint density at radius 1 is 1.13 bits per heavy atom. The van der Waals surface area contributed by atoms with Gasteiger partial charge in [-0.05, 0) is 49.6 Å². The molecule has 3 rings (SSSR count). The van der Waals surface area contributed by atoms with Crippen molar-refractivity contribution < 1.29 is 17.6 Å². The first-order chi connectivity index (χ1) is 14.5. The lowest BCUT2D eigenvalue weighted by Gasteiger charge is -2.31. The fourth-order valence-corrected chi connectivity index (χ4v) is 5.29. The van der Waals surface area contributed by atoms with E-state index in [9.17, 15) is 13.2 Å². The highest BCUT2D eigenvalue weighted by Crippen LogP contribution is 2.32. The van der Waals surface area contributed by atoms with Crippen LogP contribution in [-0.4, -0.2) is 44.8 Å². The molecule has 8 heteroatoms. The molecule has 0 bridgehead atoms. The molecule has 0 unspecified atom stereocenters. The zero-order chi connectivity index (χ0) is 21.6. The molecule has 0 spiro atoms. The normalized spacial score (nSPS) is 14.8. The van der Waals surface area contributed by atoms with Gasteiger partial charge in [-0.15, -0.1) is 0 Å². The van der Waals surface area contributed by atoms with Gasteiger partial charge in [0, 0.05) is 39.0 Å². The van der Waals surface area contributed by atoms with Gasteiger partial charge in [0.15, 0.2) is 0 Å². The van der Waals surface area contributed by atoms with Crippen LogP contribution in [0.25, 0.3) is 0 Å². The third kappa shape index (κ3) is 5.23. The highest BCUT2D eigenvalue weighted by atomic mass is 32.2. The number of rotatable bonds is 9. The quantitative estimate of drug-likeness (QED) is 0.649. The minimum absolute atomic E-state index is 0.165. The molecular formula is C22H31N3O4S. The van der Waals surface area contributed by atoms with Crippen molar-refractivity contribution in [1.82, 2.24) is 4.31 Å². The Balaban J connectivity index is 1.86. The van der Waals surface area contributed by atoms with Crippen LogP contribution >= 0.6 is 0 Å². The van der Waals surface area contributed by atoms with Crippen molar-refractivity contribution in [3.05, 3.63) is 42.4 Å². The molecule has 1 saturated heterocycles. The van der Waals surface area contributed by atoms with Crippen LogP contribution < -0.4 is 10.2 Å². The van der Waals surface area contributed by atoms with Crippen molar-refractivity contribution in [1.29, 1.82) is 0 Å². The second kappa shape index (κ2) is 10.1. The van der Waals surface area contributed by atoms with E-state index in [1.807, 2.05) is 26.0 Å². The predicted octanol–water partition coefficient (Wildman–Crippen LogP) is 3.87. The van der Waals surface area contributed by atoms with Gasteiger partial charge in [-0.1, -0.05) is 13.8 Å². The summed E-state index contributed by atoms with van der Waals surface area (Å²) in [5.74, 6) is 0.585. The van der Waals surface area contributed by atoms with Crippen molar-refractivity contribution in [2.45, 2.75) is 50.8 Å². The van der Waals surface area contributed by atoms with Crippen LogP contribution in [0, 0.1) is 0 Å². The molecule has 0 atom stereocenters. The number of piperidine rings is 1. The number of nitrogens with zero attached hydrogens (tertiary/aromatic N) is 2. The molecule has 1 aromatic heterocycles. The van der Waals surface area contributed by atoms with E-state index in [2.05, 4.69) is 10.2 Å². The number of amides is 1. The molecule has 0 aliphatic carbocycles. The van der Waals surface area contributed by atoms with Gasteiger partial charge in [0.05, 0.1) is 22.5 Å². The number of benzene rings is 1. The maximum Gasteiger partial charge on any atom is 0.243 e. The van der Waals surface area contributed by atoms with E-state index in [-0.39, 0.29) is 17.2 Å². The number of carbonyl (C=O) groups is 1. The monoisotopic (exact) mass is 433 g/mol. The maximum absolute atomic E-state index is 13.0. The number of furan rings is 1. The first-order valence-corrected chi connectivity index (χ1v) is 12.1. The SMILES string of the molecule is CCN(CC)S(=O)(=O)c1ccc(N2CCCCC2)c(NC(=O)CCc2ccco2)c1. The van der Waals surface area contributed by atoms with Gasteiger partial charge < -0.3 is 14.6 Å².